The number of likely N-dealkylation sites (tertiary alicyclic amines) is 1. The Bertz CT molecular complexity index is 773. The molecular formula is C22H37BN4O5. The van der Waals surface area contributed by atoms with Gasteiger partial charge in [0, 0.05) is 43.5 Å². The largest absolute Gasteiger partial charge is 0.498 e. The molecule has 9 nitrogen and oxygen atoms in total. The van der Waals surface area contributed by atoms with Crippen molar-refractivity contribution in [2.24, 2.45) is 5.92 Å². The molecule has 32 heavy (non-hydrogen) atoms. The lowest BCUT2D eigenvalue weighted by Crippen LogP contribution is -2.49. The van der Waals surface area contributed by atoms with E-state index in [1.165, 1.54) is 0 Å². The van der Waals surface area contributed by atoms with E-state index in [9.17, 15) is 9.90 Å². The maximum atomic E-state index is 12.3. The molecule has 0 aliphatic carbocycles. The molecule has 10 heteroatoms. The van der Waals surface area contributed by atoms with Gasteiger partial charge in [0.15, 0.2) is 6.10 Å². The van der Waals surface area contributed by atoms with Crippen LogP contribution in [0.15, 0.2) is 12.4 Å². The third-order valence-electron chi connectivity index (χ3n) is 6.81. The van der Waals surface area contributed by atoms with Gasteiger partial charge in [0.1, 0.15) is 0 Å². The van der Waals surface area contributed by atoms with Gasteiger partial charge < -0.3 is 29.3 Å². The predicted molar refractivity (Wildman–Crippen MR) is 123 cm³/mol. The lowest BCUT2D eigenvalue weighted by atomic mass is 9.81. The van der Waals surface area contributed by atoms with Crippen molar-refractivity contribution in [2.45, 2.75) is 77.7 Å². The second-order valence-electron chi connectivity index (χ2n) is 10.1. The topological polar surface area (TPSA) is 108 Å². The van der Waals surface area contributed by atoms with Gasteiger partial charge in [-0.05, 0) is 60.3 Å². The molecule has 0 bridgehead atoms. The molecule has 3 rings (SSSR count). The molecule has 0 aromatic carbocycles. The molecule has 2 atom stereocenters. The second kappa shape index (κ2) is 9.63. The quantitative estimate of drug-likeness (QED) is 0.584. The molecular weight excluding hydrogens is 411 g/mol. The fourth-order valence-corrected chi connectivity index (χ4v) is 4.09. The lowest BCUT2D eigenvalue weighted by molar-refractivity contribution is -0.143. The van der Waals surface area contributed by atoms with Gasteiger partial charge >= 0.3 is 7.12 Å². The van der Waals surface area contributed by atoms with Crippen LogP contribution in [0, 0.1) is 5.92 Å². The van der Waals surface area contributed by atoms with E-state index < -0.39 is 36.9 Å². The Morgan fingerprint density at radius 3 is 2.38 bits per heavy atom. The van der Waals surface area contributed by atoms with Crippen molar-refractivity contribution in [3.63, 3.8) is 0 Å². The van der Waals surface area contributed by atoms with Gasteiger partial charge in [-0.15, -0.1) is 0 Å². The Morgan fingerprint density at radius 2 is 1.84 bits per heavy atom. The third-order valence-corrected chi connectivity index (χ3v) is 6.81. The van der Waals surface area contributed by atoms with E-state index in [4.69, 9.17) is 14.4 Å². The highest BCUT2D eigenvalue weighted by atomic mass is 16.7. The van der Waals surface area contributed by atoms with E-state index in [1.54, 1.807) is 17.3 Å². The van der Waals surface area contributed by atoms with Crippen molar-refractivity contribution in [3.8, 4) is 0 Å². The van der Waals surface area contributed by atoms with Crippen LogP contribution in [-0.2, 0) is 14.1 Å². The molecule has 0 unspecified atom stereocenters. The van der Waals surface area contributed by atoms with Crippen molar-refractivity contribution in [2.75, 3.05) is 31.1 Å². The lowest BCUT2D eigenvalue weighted by Gasteiger charge is -2.37. The minimum atomic E-state index is -1.35. The fourth-order valence-electron chi connectivity index (χ4n) is 4.09. The summed E-state index contributed by atoms with van der Waals surface area (Å²) in [4.78, 5) is 25.3. The number of piperidine rings is 1. The van der Waals surface area contributed by atoms with Crippen LogP contribution in [-0.4, -0.2) is 87.7 Å². The smallest absolute Gasteiger partial charge is 0.399 e. The van der Waals surface area contributed by atoms with E-state index in [1.807, 2.05) is 27.7 Å². The van der Waals surface area contributed by atoms with Crippen molar-refractivity contribution < 1.29 is 24.3 Å². The first-order valence-electron chi connectivity index (χ1n) is 11.5. The van der Waals surface area contributed by atoms with Crippen LogP contribution < -0.4 is 10.4 Å². The molecule has 0 spiro atoms. The monoisotopic (exact) mass is 448 g/mol. The number of aliphatic hydroxyl groups excluding tert-OH is 2. The zero-order valence-corrected chi connectivity index (χ0v) is 20.1. The van der Waals surface area contributed by atoms with Gasteiger partial charge in [-0.3, -0.25) is 4.79 Å². The molecule has 3 heterocycles. The van der Waals surface area contributed by atoms with Crippen molar-refractivity contribution >= 4 is 24.4 Å². The summed E-state index contributed by atoms with van der Waals surface area (Å²) in [6.45, 7) is 13.5. The summed E-state index contributed by atoms with van der Waals surface area (Å²) in [5.41, 5.74) is -0.0638. The van der Waals surface area contributed by atoms with E-state index in [0.29, 0.717) is 25.6 Å². The zero-order valence-electron chi connectivity index (χ0n) is 20.1. The number of hydrogen-bond donors (Lipinski definition) is 2. The molecule has 2 fully saturated rings. The number of nitrogens with zero attached hydrogens (tertiary/aromatic N) is 4. The number of rotatable bonds is 7. The van der Waals surface area contributed by atoms with Crippen LogP contribution in [0.25, 0.3) is 0 Å². The molecule has 0 radical (unpaired) electrons. The summed E-state index contributed by atoms with van der Waals surface area (Å²) in [6.07, 6.45) is 4.01. The SMILES string of the molecule is CC(C)N(C[C@@H]1CCCN(C(=O)[C@H](O)CO)C1)c1ncc(B2OC(C)(C)C(C)(C)O2)cn1. The molecule has 1 amide bonds. The van der Waals surface area contributed by atoms with Crippen molar-refractivity contribution in [1.82, 2.24) is 14.9 Å². The summed E-state index contributed by atoms with van der Waals surface area (Å²) >= 11 is 0. The van der Waals surface area contributed by atoms with Crippen molar-refractivity contribution in [1.29, 1.82) is 0 Å². The standard InChI is InChI=1S/C22H37BN4O5/c1-15(2)27(13-16-8-7-9-26(12-16)19(30)18(29)14-28)20-24-10-17(11-25-20)23-31-21(3,4)22(5,6)32-23/h10-11,15-16,18,28-29H,7-9,12-14H2,1-6H3/t16-,18-/m1/s1. The number of carbonyl (C=O) groups is 1. The summed E-state index contributed by atoms with van der Waals surface area (Å²) in [5.74, 6) is 0.447. The molecule has 0 saturated carbocycles. The Hall–Kier alpha value is -1.75. The highest BCUT2D eigenvalue weighted by Crippen LogP contribution is 2.36. The van der Waals surface area contributed by atoms with E-state index >= 15 is 0 Å². The normalized spacial score (nSPS) is 23.5. The fraction of sp³-hybridized carbons (Fsp3) is 0.773. The number of amides is 1. The van der Waals surface area contributed by atoms with Gasteiger partial charge in [-0.25, -0.2) is 9.97 Å². The van der Waals surface area contributed by atoms with Gasteiger partial charge in [0.05, 0.1) is 17.8 Å². The number of hydrogen-bond acceptors (Lipinski definition) is 8. The maximum absolute atomic E-state index is 12.3. The average Bonchev–Trinajstić information content (AvgIpc) is 2.98. The first-order valence-corrected chi connectivity index (χ1v) is 11.5. The summed E-state index contributed by atoms with van der Waals surface area (Å²) < 4.78 is 12.2. The summed E-state index contributed by atoms with van der Waals surface area (Å²) in [7, 11) is -0.502. The highest BCUT2D eigenvalue weighted by Gasteiger charge is 2.52. The van der Waals surface area contributed by atoms with Gasteiger partial charge in [0.2, 0.25) is 5.95 Å². The third kappa shape index (κ3) is 5.25. The average molecular weight is 448 g/mol. The second-order valence-corrected chi connectivity index (χ2v) is 10.1. The Balaban J connectivity index is 1.68. The van der Waals surface area contributed by atoms with Crippen LogP contribution in [0.1, 0.15) is 54.4 Å². The molecule has 2 aliphatic heterocycles. The first kappa shape index (κ1) is 24.9. The molecule has 1 aromatic heterocycles. The highest BCUT2D eigenvalue weighted by molar-refractivity contribution is 6.61. The maximum Gasteiger partial charge on any atom is 0.498 e. The van der Waals surface area contributed by atoms with Crippen LogP contribution in [0.5, 0.6) is 0 Å². The first-order chi connectivity index (χ1) is 14.9. The minimum absolute atomic E-state index is 0.173. The minimum Gasteiger partial charge on any atom is -0.399 e. The van der Waals surface area contributed by atoms with Gasteiger partial charge in [-0.1, -0.05) is 0 Å². The molecule has 2 N–H and O–H groups in total. The number of aromatic nitrogens is 2. The van der Waals surface area contributed by atoms with Crippen LogP contribution in [0.3, 0.4) is 0 Å². The zero-order chi connectivity index (χ0) is 23.7. The van der Waals surface area contributed by atoms with Gasteiger partial charge in [0.25, 0.3) is 5.91 Å². The van der Waals surface area contributed by atoms with Crippen LogP contribution >= 0.6 is 0 Å². The molecule has 2 saturated heterocycles. The predicted octanol–water partition coefficient (Wildman–Crippen LogP) is 0.582. The van der Waals surface area contributed by atoms with Crippen molar-refractivity contribution in [3.05, 3.63) is 12.4 Å². The summed E-state index contributed by atoms with van der Waals surface area (Å²) in [6, 6.07) is 0.173. The molecule has 1 aromatic rings. The van der Waals surface area contributed by atoms with Crippen LogP contribution in [0.2, 0.25) is 0 Å². The molecule has 178 valence electrons. The Labute approximate surface area is 191 Å². The van der Waals surface area contributed by atoms with Gasteiger partial charge in [-0.2, -0.15) is 0 Å². The van der Waals surface area contributed by atoms with E-state index in [-0.39, 0.29) is 12.0 Å². The molecule has 2 aliphatic rings. The number of carbonyl (C=O) groups excluding carboxylic acids is 1. The number of anilines is 1. The van der Waals surface area contributed by atoms with Crippen LogP contribution in [0.4, 0.5) is 5.95 Å². The van der Waals surface area contributed by atoms with E-state index in [2.05, 4.69) is 28.7 Å². The number of aliphatic hydroxyl groups is 2. The Kier molecular flexibility index (Phi) is 7.49. The van der Waals surface area contributed by atoms with E-state index in [0.717, 1.165) is 18.3 Å². The summed E-state index contributed by atoms with van der Waals surface area (Å²) in [5, 5.41) is 18.8. The Morgan fingerprint density at radius 1 is 1.25 bits per heavy atom.